The zero-order valence-electron chi connectivity index (χ0n) is 14.9. The lowest BCUT2D eigenvalue weighted by molar-refractivity contribution is 0.102. The molecule has 28 heavy (non-hydrogen) atoms. The zero-order chi connectivity index (χ0) is 19.3. The smallest absolute Gasteiger partial charge is 0.259 e. The van der Waals surface area contributed by atoms with Crippen molar-refractivity contribution in [3.63, 3.8) is 0 Å². The van der Waals surface area contributed by atoms with Gasteiger partial charge in [0.2, 0.25) is 5.88 Å². The summed E-state index contributed by atoms with van der Waals surface area (Å²) in [5, 5.41) is 5.14. The van der Waals surface area contributed by atoms with E-state index in [-0.39, 0.29) is 5.91 Å². The summed E-state index contributed by atoms with van der Waals surface area (Å²) < 4.78 is 5.14. The van der Waals surface area contributed by atoms with Crippen LogP contribution in [0.2, 0.25) is 0 Å². The second kappa shape index (κ2) is 7.93. The van der Waals surface area contributed by atoms with Gasteiger partial charge in [0.25, 0.3) is 5.91 Å². The molecule has 0 aliphatic carbocycles. The minimum atomic E-state index is -0.298. The van der Waals surface area contributed by atoms with Crippen LogP contribution in [0.15, 0.2) is 66.3 Å². The van der Waals surface area contributed by atoms with E-state index in [1.807, 2.05) is 35.7 Å². The first-order chi connectivity index (χ1) is 13.7. The van der Waals surface area contributed by atoms with Gasteiger partial charge in [0.15, 0.2) is 5.13 Å². The molecule has 4 aromatic heterocycles. The van der Waals surface area contributed by atoms with Gasteiger partial charge in [-0.05, 0) is 30.3 Å². The van der Waals surface area contributed by atoms with Gasteiger partial charge < -0.3 is 4.74 Å². The number of ether oxygens (including phenoxy) is 1. The SMILES string of the molecule is COc1cccc(-c2csc(NC(=O)c3cccnc3-c3ccccn3)n2)n1. The van der Waals surface area contributed by atoms with Crippen LogP contribution < -0.4 is 10.1 Å². The van der Waals surface area contributed by atoms with Gasteiger partial charge in [-0.25, -0.2) is 9.97 Å². The van der Waals surface area contributed by atoms with Gasteiger partial charge in [-0.1, -0.05) is 12.1 Å². The Hall–Kier alpha value is -3.65. The van der Waals surface area contributed by atoms with Crippen LogP contribution in [0, 0.1) is 0 Å². The molecule has 0 aromatic carbocycles. The number of anilines is 1. The Morgan fingerprint density at radius 3 is 2.61 bits per heavy atom. The summed E-state index contributed by atoms with van der Waals surface area (Å²) in [5.41, 5.74) is 2.92. The van der Waals surface area contributed by atoms with Crippen molar-refractivity contribution in [2.24, 2.45) is 0 Å². The first-order valence-corrected chi connectivity index (χ1v) is 9.27. The fraction of sp³-hybridized carbons (Fsp3) is 0.0500. The first-order valence-electron chi connectivity index (χ1n) is 8.39. The van der Waals surface area contributed by atoms with Crippen LogP contribution in [0.25, 0.3) is 22.8 Å². The normalized spacial score (nSPS) is 10.5. The molecule has 7 nitrogen and oxygen atoms in total. The highest BCUT2D eigenvalue weighted by Crippen LogP contribution is 2.26. The number of nitrogens with one attached hydrogen (secondary N) is 1. The van der Waals surface area contributed by atoms with Crippen LogP contribution in [0.1, 0.15) is 10.4 Å². The molecular weight excluding hydrogens is 374 g/mol. The van der Waals surface area contributed by atoms with Crippen LogP contribution in [0.3, 0.4) is 0 Å². The number of rotatable bonds is 5. The second-order valence-corrected chi connectivity index (χ2v) is 6.53. The van der Waals surface area contributed by atoms with E-state index in [2.05, 4.69) is 25.3 Å². The lowest BCUT2D eigenvalue weighted by Crippen LogP contribution is -2.14. The molecule has 0 unspecified atom stereocenters. The van der Waals surface area contributed by atoms with Gasteiger partial charge in [0.1, 0.15) is 11.4 Å². The Bertz CT molecular complexity index is 1110. The van der Waals surface area contributed by atoms with Gasteiger partial charge in [0.05, 0.1) is 24.1 Å². The van der Waals surface area contributed by atoms with Crippen LogP contribution >= 0.6 is 11.3 Å². The number of methoxy groups -OCH3 is 1. The fourth-order valence-corrected chi connectivity index (χ4v) is 3.28. The largest absolute Gasteiger partial charge is 0.481 e. The average Bonchev–Trinajstić information content (AvgIpc) is 3.23. The van der Waals surface area contributed by atoms with Gasteiger partial charge >= 0.3 is 0 Å². The highest BCUT2D eigenvalue weighted by atomic mass is 32.1. The van der Waals surface area contributed by atoms with Gasteiger partial charge in [-0.15, -0.1) is 11.3 Å². The quantitative estimate of drug-likeness (QED) is 0.556. The predicted molar refractivity (Wildman–Crippen MR) is 107 cm³/mol. The molecule has 0 aliphatic heterocycles. The molecule has 4 rings (SSSR count). The number of amides is 1. The van der Waals surface area contributed by atoms with Crippen molar-refractivity contribution in [1.29, 1.82) is 0 Å². The molecule has 4 heterocycles. The predicted octanol–water partition coefficient (Wildman–Crippen LogP) is 3.92. The van der Waals surface area contributed by atoms with E-state index in [0.717, 1.165) is 0 Å². The Morgan fingerprint density at radius 1 is 0.929 bits per heavy atom. The monoisotopic (exact) mass is 389 g/mol. The summed E-state index contributed by atoms with van der Waals surface area (Å²) in [4.78, 5) is 30.2. The van der Waals surface area contributed by atoms with Gasteiger partial charge in [0, 0.05) is 23.8 Å². The minimum Gasteiger partial charge on any atom is -0.481 e. The molecule has 138 valence electrons. The first kappa shape index (κ1) is 17.7. The van der Waals surface area contributed by atoms with E-state index in [9.17, 15) is 4.79 Å². The Labute approximate surface area is 165 Å². The molecule has 0 spiro atoms. The lowest BCUT2D eigenvalue weighted by Gasteiger charge is -2.07. The minimum absolute atomic E-state index is 0.298. The number of carbonyl (C=O) groups excluding carboxylic acids is 1. The van der Waals surface area contributed by atoms with E-state index in [1.54, 1.807) is 37.7 Å². The standard InChI is InChI=1S/C20H15N5O2S/c1-27-17-9-4-8-14(23-17)16-12-28-20(24-16)25-19(26)13-6-5-11-22-18(13)15-7-2-3-10-21-15/h2-12H,1H3,(H,24,25,26). The number of pyridine rings is 3. The van der Waals surface area contributed by atoms with Crippen molar-refractivity contribution in [3.8, 4) is 28.7 Å². The summed E-state index contributed by atoms with van der Waals surface area (Å²) in [6.45, 7) is 0. The van der Waals surface area contributed by atoms with E-state index < -0.39 is 0 Å². The Balaban J connectivity index is 1.58. The van der Waals surface area contributed by atoms with Crippen molar-refractivity contribution in [3.05, 3.63) is 71.9 Å². The molecule has 0 fully saturated rings. The summed E-state index contributed by atoms with van der Waals surface area (Å²) in [5.74, 6) is 0.208. The third-order valence-electron chi connectivity index (χ3n) is 3.88. The number of aromatic nitrogens is 4. The summed E-state index contributed by atoms with van der Waals surface area (Å²) in [6.07, 6.45) is 3.30. The molecule has 1 N–H and O–H groups in total. The summed E-state index contributed by atoms with van der Waals surface area (Å²) in [6, 6.07) is 14.4. The van der Waals surface area contributed by atoms with Crippen LogP contribution in [-0.2, 0) is 0 Å². The van der Waals surface area contributed by atoms with Gasteiger partial charge in [-0.3, -0.25) is 20.1 Å². The number of nitrogens with zero attached hydrogens (tertiary/aromatic N) is 4. The van der Waals surface area contributed by atoms with Crippen LogP contribution in [-0.4, -0.2) is 33.0 Å². The van der Waals surface area contributed by atoms with Crippen molar-refractivity contribution in [2.45, 2.75) is 0 Å². The molecule has 0 aliphatic rings. The van der Waals surface area contributed by atoms with Crippen LogP contribution in [0.4, 0.5) is 5.13 Å². The van der Waals surface area contributed by atoms with Gasteiger partial charge in [-0.2, -0.15) is 0 Å². The molecule has 0 radical (unpaired) electrons. The van der Waals surface area contributed by atoms with Crippen molar-refractivity contribution < 1.29 is 9.53 Å². The maximum atomic E-state index is 12.8. The third-order valence-corrected chi connectivity index (χ3v) is 4.64. The molecule has 1 amide bonds. The number of hydrogen-bond donors (Lipinski definition) is 1. The molecule has 0 atom stereocenters. The lowest BCUT2D eigenvalue weighted by atomic mass is 10.1. The zero-order valence-corrected chi connectivity index (χ0v) is 15.7. The summed E-state index contributed by atoms with van der Waals surface area (Å²) >= 11 is 1.32. The highest BCUT2D eigenvalue weighted by Gasteiger charge is 2.16. The molecule has 0 saturated heterocycles. The number of hydrogen-bond acceptors (Lipinski definition) is 7. The maximum absolute atomic E-state index is 12.8. The van der Waals surface area contributed by atoms with Crippen molar-refractivity contribution in [1.82, 2.24) is 19.9 Å². The van der Waals surface area contributed by atoms with Crippen molar-refractivity contribution >= 4 is 22.4 Å². The third kappa shape index (κ3) is 3.72. The van der Waals surface area contributed by atoms with E-state index in [0.29, 0.717) is 39.4 Å². The van der Waals surface area contributed by atoms with E-state index in [4.69, 9.17) is 4.74 Å². The molecule has 0 saturated carbocycles. The second-order valence-electron chi connectivity index (χ2n) is 5.67. The van der Waals surface area contributed by atoms with E-state index >= 15 is 0 Å². The molecule has 8 heteroatoms. The summed E-state index contributed by atoms with van der Waals surface area (Å²) in [7, 11) is 1.56. The fourth-order valence-electron chi connectivity index (χ4n) is 2.58. The molecule has 0 bridgehead atoms. The average molecular weight is 389 g/mol. The number of thiazole rings is 1. The topological polar surface area (TPSA) is 89.9 Å². The number of carbonyl (C=O) groups is 1. The van der Waals surface area contributed by atoms with Crippen LogP contribution in [0.5, 0.6) is 5.88 Å². The van der Waals surface area contributed by atoms with Crippen molar-refractivity contribution in [2.75, 3.05) is 12.4 Å². The molecule has 4 aromatic rings. The Kier molecular flexibility index (Phi) is 5.03. The Morgan fingerprint density at radius 2 is 1.79 bits per heavy atom. The maximum Gasteiger partial charge on any atom is 0.259 e. The molecular formula is C20H15N5O2S. The highest BCUT2D eigenvalue weighted by molar-refractivity contribution is 7.14. The van der Waals surface area contributed by atoms with E-state index in [1.165, 1.54) is 11.3 Å².